The van der Waals surface area contributed by atoms with Crippen molar-refractivity contribution < 1.29 is 9.90 Å². The summed E-state index contributed by atoms with van der Waals surface area (Å²) in [4.78, 5) is 18.6. The van der Waals surface area contributed by atoms with Crippen molar-refractivity contribution in [2.45, 2.75) is 19.4 Å². The Labute approximate surface area is 164 Å². The van der Waals surface area contributed by atoms with Crippen molar-refractivity contribution in [3.63, 3.8) is 0 Å². The van der Waals surface area contributed by atoms with Crippen molar-refractivity contribution in [2.24, 2.45) is 4.99 Å². The van der Waals surface area contributed by atoms with E-state index in [1.54, 1.807) is 24.3 Å². The van der Waals surface area contributed by atoms with Gasteiger partial charge in [-0.3, -0.25) is 9.79 Å². The summed E-state index contributed by atoms with van der Waals surface area (Å²) in [5.74, 6) is 0.573. The van der Waals surface area contributed by atoms with Crippen LogP contribution >= 0.6 is 35.6 Å². The van der Waals surface area contributed by atoms with E-state index in [0.29, 0.717) is 30.2 Å². The summed E-state index contributed by atoms with van der Waals surface area (Å²) < 4.78 is 0. The first-order valence-corrected chi connectivity index (χ1v) is 8.23. The smallest absolute Gasteiger partial charge is 0.252 e. The maximum atomic E-state index is 12.0. The molecule has 134 valence electrons. The average Bonchev–Trinajstić information content (AvgIpc) is 2.97. The Morgan fingerprint density at radius 2 is 2.17 bits per heavy atom. The lowest BCUT2D eigenvalue weighted by Gasteiger charge is -2.20. The molecule has 1 saturated heterocycles. The molecule has 0 aromatic heterocycles. The molecule has 1 amide bonds. The summed E-state index contributed by atoms with van der Waals surface area (Å²) in [6, 6.07) is 6.95. The van der Waals surface area contributed by atoms with Gasteiger partial charge in [0.05, 0.1) is 23.2 Å². The lowest BCUT2D eigenvalue weighted by molar-refractivity contribution is 0.0955. The molecule has 0 bridgehead atoms. The van der Waals surface area contributed by atoms with Crippen LogP contribution in [0.15, 0.2) is 29.3 Å². The Bertz CT molecular complexity index is 571. The van der Waals surface area contributed by atoms with E-state index in [4.69, 9.17) is 11.6 Å². The number of nitrogens with zero attached hydrogens (tertiary/aromatic N) is 2. The highest BCUT2D eigenvalue weighted by Crippen LogP contribution is 2.14. The summed E-state index contributed by atoms with van der Waals surface area (Å²) in [6.07, 6.45) is 0.465. The number of amides is 1. The van der Waals surface area contributed by atoms with Crippen molar-refractivity contribution in [1.82, 2.24) is 15.5 Å². The van der Waals surface area contributed by atoms with Crippen molar-refractivity contribution in [1.29, 1.82) is 0 Å². The number of aliphatic hydroxyl groups is 1. The Kier molecular flexibility index (Phi) is 9.38. The van der Waals surface area contributed by atoms with Gasteiger partial charge in [-0.1, -0.05) is 23.7 Å². The van der Waals surface area contributed by atoms with E-state index in [-0.39, 0.29) is 36.0 Å². The topological polar surface area (TPSA) is 77.0 Å². The second-order valence-corrected chi connectivity index (χ2v) is 5.77. The van der Waals surface area contributed by atoms with Gasteiger partial charge in [0.25, 0.3) is 5.91 Å². The average molecular weight is 467 g/mol. The van der Waals surface area contributed by atoms with Gasteiger partial charge >= 0.3 is 0 Å². The zero-order valence-electron chi connectivity index (χ0n) is 13.7. The van der Waals surface area contributed by atoms with E-state index in [2.05, 4.69) is 15.6 Å². The van der Waals surface area contributed by atoms with Crippen molar-refractivity contribution in [2.75, 3.05) is 32.7 Å². The second-order valence-electron chi connectivity index (χ2n) is 5.36. The summed E-state index contributed by atoms with van der Waals surface area (Å²) in [5, 5.41) is 16.1. The van der Waals surface area contributed by atoms with Crippen LogP contribution in [0.2, 0.25) is 5.02 Å². The third-order valence-electron chi connectivity index (χ3n) is 3.58. The fourth-order valence-corrected chi connectivity index (χ4v) is 2.65. The maximum Gasteiger partial charge on any atom is 0.252 e. The van der Waals surface area contributed by atoms with Crippen LogP contribution in [-0.4, -0.2) is 60.7 Å². The number of carbonyl (C=O) groups excluding carboxylic acids is 1. The number of carbonyl (C=O) groups is 1. The molecule has 1 aromatic carbocycles. The molecule has 1 aliphatic heterocycles. The first-order chi connectivity index (χ1) is 11.1. The molecule has 0 radical (unpaired) electrons. The first kappa shape index (κ1) is 21.0. The van der Waals surface area contributed by atoms with Gasteiger partial charge in [-0.25, -0.2) is 0 Å². The number of hydrogen-bond acceptors (Lipinski definition) is 3. The Morgan fingerprint density at radius 3 is 2.79 bits per heavy atom. The summed E-state index contributed by atoms with van der Waals surface area (Å²) in [5.41, 5.74) is 0.465. The molecule has 0 unspecified atom stereocenters. The minimum Gasteiger partial charge on any atom is -0.391 e. The Morgan fingerprint density at radius 1 is 1.42 bits per heavy atom. The van der Waals surface area contributed by atoms with Crippen molar-refractivity contribution >= 4 is 47.4 Å². The van der Waals surface area contributed by atoms with Crippen LogP contribution in [0, 0.1) is 0 Å². The number of halogens is 2. The molecule has 1 atom stereocenters. The van der Waals surface area contributed by atoms with Crippen molar-refractivity contribution in [3.05, 3.63) is 34.9 Å². The number of benzene rings is 1. The minimum absolute atomic E-state index is 0. The van der Waals surface area contributed by atoms with E-state index in [1.165, 1.54) is 0 Å². The lowest BCUT2D eigenvalue weighted by Crippen LogP contribution is -2.41. The summed E-state index contributed by atoms with van der Waals surface area (Å²) in [7, 11) is 0. The standard InChI is InChI=1S/C16H23ClN4O2.HI/c1-2-18-16(21-10-7-12(22)11-21)20-9-8-19-15(23)13-5-3-4-6-14(13)17;/h3-6,12,22H,2,7-11H2,1H3,(H,18,20)(H,19,23);1H/t12-;/m1./s1. The number of nitrogens with one attached hydrogen (secondary N) is 2. The highest BCUT2D eigenvalue weighted by atomic mass is 127. The molecule has 3 N–H and O–H groups in total. The molecule has 0 aliphatic carbocycles. The number of guanidine groups is 1. The van der Waals surface area contributed by atoms with E-state index in [1.807, 2.05) is 11.8 Å². The van der Waals surface area contributed by atoms with Gasteiger partial charge < -0.3 is 20.6 Å². The Hall–Kier alpha value is -1.06. The van der Waals surface area contributed by atoms with Gasteiger partial charge in [0.2, 0.25) is 0 Å². The van der Waals surface area contributed by atoms with Gasteiger partial charge in [0.15, 0.2) is 5.96 Å². The minimum atomic E-state index is -0.293. The first-order valence-electron chi connectivity index (χ1n) is 7.86. The van der Waals surface area contributed by atoms with Crippen molar-refractivity contribution in [3.8, 4) is 0 Å². The predicted molar refractivity (Wildman–Crippen MR) is 107 cm³/mol. The highest BCUT2D eigenvalue weighted by Gasteiger charge is 2.22. The van der Waals surface area contributed by atoms with Crippen LogP contribution in [0.1, 0.15) is 23.7 Å². The third kappa shape index (κ3) is 6.10. The highest BCUT2D eigenvalue weighted by molar-refractivity contribution is 14.0. The third-order valence-corrected chi connectivity index (χ3v) is 3.90. The summed E-state index contributed by atoms with van der Waals surface area (Å²) in [6.45, 7) is 5.04. The van der Waals surface area contributed by atoms with Crippen LogP contribution in [0.5, 0.6) is 0 Å². The number of β-amino-alcohol motifs (C(OH)–C–C–N with tert-alkyl or cyclic N) is 1. The zero-order chi connectivity index (χ0) is 16.7. The predicted octanol–water partition coefficient (Wildman–Crippen LogP) is 1.72. The molecular formula is C16H24ClIN4O2. The van der Waals surface area contributed by atoms with Crippen LogP contribution in [0.4, 0.5) is 0 Å². The number of likely N-dealkylation sites (tertiary alicyclic amines) is 1. The molecule has 1 fully saturated rings. The van der Waals surface area contributed by atoms with Gasteiger partial charge in [0, 0.05) is 26.2 Å². The molecule has 1 aromatic rings. The molecular weight excluding hydrogens is 443 g/mol. The van der Waals surface area contributed by atoms with E-state index in [9.17, 15) is 9.90 Å². The van der Waals surface area contributed by atoms with Gasteiger partial charge in [0.1, 0.15) is 0 Å². The van der Waals surface area contributed by atoms with Gasteiger partial charge in [-0.05, 0) is 25.5 Å². The van der Waals surface area contributed by atoms with Crippen LogP contribution in [0.3, 0.4) is 0 Å². The second kappa shape index (κ2) is 10.7. The summed E-state index contributed by atoms with van der Waals surface area (Å²) >= 11 is 5.99. The van der Waals surface area contributed by atoms with E-state index in [0.717, 1.165) is 25.5 Å². The number of aliphatic imine (C=N–C) groups is 1. The van der Waals surface area contributed by atoms with Crippen LogP contribution < -0.4 is 10.6 Å². The fourth-order valence-electron chi connectivity index (χ4n) is 2.43. The van der Waals surface area contributed by atoms with E-state index < -0.39 is 0 Å². The molecule has 0 spiro atoms. The van der Waals surface area contributed by atoms with Gasteiger partial charge in [-0.15, -0.1) is 24.0 Å². The molecule has 2 rings (SSSR count). The monoisotopic (exact) mass is 466 g/mol. The number of aliphatic hydroxyl groups excluding tert-OH is 1. The molecule has 24 heavy (non-hydrogen) atoms. The van der Waals surface area contributed by atoms with Crippen LogP contribution in [0.25, 0.3) is 0 Å². The normalized spacial score (nSPS) is 17.4. The quantitative estimate of drug-likeness (QED) is 0.267. The van der Waals surface area contributed by atoms with Gasteiger partial charge in [-0.2, -0.15) is 0 Å². The molecule has 6 nitrogen and oxygen atoms in total. The largest absolute Gasteiger partial charge is 0.391 e. The SMILES string of the molecule is CCNC(=NCCNC(=O)c1ccccc1Cl)N1CC[C@@H](O)C1.I. The Balaban J connectivity index is 0.00000288. The fraction of sp³-hybridized carbons (Fsp3) is 0.500. The van der Waals surface area contributed by atoms with E-state index >= 15 is 0 Å². The maximum absolute atomic E-state index is 12.0. The molecule has 8 heteroatoms. The zero-order valence-corrected chi connectivity index (χ0v) is 16.8. The number of rotatable bonds is 5. The molecule has 1 heterocycles. The number of hydrogen-bond donors (Lipinski definition) is 3. The molecule has 0 saturated carbocycles. The van der Waals surface area contributed by atoms with Crippen LogP contribution in [-0.2, 0) is 0 Å². The molecule has 1 aliphatic rings. The lowest BCUT2D eigenvalue weighted by atomic mass is 10.2.